The number of benzene rings is 1. The molecule has 134 valence electrons. The van der Waals surface area contributed by atoms with E-state index in [1.165, 1.54) is 43.4 Å². The summed E-state index contributed by atoms with van der Waals surface area (Å²) in [7, 11) is 0. The molecule has 2 N–H and O–H groups in total. The summed E-state index contributed by atoms with van der Waals surface area (Å²) in [5.41, 5.74) is 10.9. The molecule has 5 nitrogen and oxygen atoms in total. The van der Waals surface area contributed by atoms with Gasteiger partial charge >= 0.3 is 0 Å². The molecule has 0 radical (unpaired) electrons. The van der Waals surface area contributed by atoms with Crippen molar-refractivity contribution in [3.63, 3.8) is 0 Å². The van der Waals surface area contributed by atoms with Crippen molar-refractivity contribution in [2.45, 2.75) is 50.5 Å². The van der Waals surface area contributed by atoms with Crippen LogP contribution in [0, 0.1) is 5.92 Å². The molecule has 26 heavy (non-hydrogen) atoms. The fourth-order valence-corrected chi connectivity index (χ4v) is 4.09. The van der Waals surface area contributed by atoms with Gasteiger partial charge in [-0.1, -0.05) is 12.1 Å². The van der Waals surface area contributed by atoms with Gasteiger partial charge in [0.05, 0.1) is 34.7 Å². The van der Waals surface area contributed by atoms with Gasteiger partial charge in [0.1, 0.15) is 0 Å². The predicted molar refractivity (Wildman–Crippen MR) is 103 cm³/mol. The van der Waals surface area contributed by atoms with E-state index < -0.39 is 0 Å². The normalized spacial score (nSPS) is 22.5. The van der Waals surface area contributed by atoms with Crippen molar-refractivity contribution >= 4 is 11.0 Å². The first-order chi connectivity index (χ1) is 12.8. The molecule has 0 spiro atoms. The number of nitrogens with two attached hydrogens (primary N) is 1. The zero-order valence-electron chi connectivity index (χ0n) is 15.0. The third-order valence-corrected chi connectivity index (χ3v) is 5.85. The Morgan fingerprint density at radius 1 is 1.12 bits per heavy atom. The molecule has 2 saturated carbocycles. The van der Waals surface area contributed by atoms with Crippen molar-refractivity contribution in [1.29, 1.82) is 0 Å². The molecule has 0 saturated heterocycles. The highest BCUT2D eigenvalue weighted by atomic mass is 15.3. The van der Waals surface area contributed by atoms with E-state index in [-0.39, 0.29) is 0 Å². The van der Waals surface area contributed by atoms with Crippen LogP contribution in [0.1, 0.15) is 56.2 Å². The van der Waals surface area contributed by atoms with E-state index in [0.29, 0.717) is 12.0 Å². The SMILES string of the molecule is NCCCC1CC(n2cc(-c3cnc4ccccc4n3)c(C3CC3)n2)C1. The van der Waals surface area contributed by atoms with Crippen molar-refractivity contribution in [2.75, 3.05) is 6.54 Å². The van der Waals surface area contributed by atoms with Gasteiger partial charge in [-0.25, -0.2) is 4.98 Å². The molecule has 5 rings (SSSR count). The minimum Gasteiger partial charge on any atom is -0.330 e. The Bertz CT molecular complexity index is 921. The summed E-state index contributed by atoms with van der Waals surface area (Å²) in [5.74, 6) is 1.42. The van der Waals surface area contributed by atoms with Gasteiger partial charge in [-0.05, 0) is 63.1 Å². The lowest BCUT2D eigenvalue weighted by Gasteiger charge is -2.35. The summed E-state index contributed by atoms with van der Waals surface area (Å²) >= 11 is 0. The van der Waals surface area contributed by atoms with Crippen molar-refractivity contribution in [2.24, 2.45) is 11.7 Å². The second kappa shape index (κ2) is 6.47. The lowest BCUT2D eigenvalue weighted by Crippen LogP contribution is -2.27. The van der Waals surface area contributed by atoms with E-state index in [9.17, 15) is 0 Å². The molecule has 2 heterocycles. The second-order valence-corrected chi connectivity index (χ2v) is 7.85. The molecule has 0 unspecified atom stereocenters. The first-order valence-corrected chi connectivity index (χ1v) is 9.83. The summed E-state index contributed by atoms with van der Waals surface area (Å²) in [6.45, 7) is 0.805. The predicted octanol–water partition coefficient (Wildman–Crippen LogP) is 4.06. The Morgan fingerprint density at radius 2 is 1.92 bits per heavy atom. The van der Waals surface area contributed by atoms with Crippen LogP contribution in [0.2, 0.25) is 0 Å². The van der Waals surface area contributed by atoms with Crippen LogP contribution < -0.4 is 5.73 Å². The highest BCUT2D eigenvalue weighted by molar-refractivity contribution is 5.77. The molecule has 2 aliphatic rings. The number of fused-ring (bicyclic) bond motifs is 1. The smallest absolute Gasteiger partial charge is 0.0927 e. The largest absolute Gasteiger partial charge is 0.330 e. The van der Waals surface area contributed by atoms with Gasteiger partial charge < -0.3 is 5.73 Å². The lowest BCUT2D eigenvalue weighted by molar-refractivity contribution is 0.171. The molecule has 0 amide bonds. The zero-order valence-corrected chi connectivity index (χ0v) is 15.0. The van der Waals surface area contributed by atoms with Crippen LogP contribution >= 0.6 is 0 Å². The minimum atomic E-state index is 0.539. The van der Waals surface area contributed by atoms with Gasteiger partial charge in [-0.15, -0.1) is 0 Å². The maximum Gasteiger partial charge on any atom is 0.0927 e. The van der Waals surface area contributed by atoms with E-state index in [1.54, 1.807) is 0 Å². The highest BCUT2D eigenvalue weighted by Crippen LogP contribution is 2.46. The molecule has 5 heteroatoms. The first kappa shape index (κ1) is 15.9. The number of hydrogen-bond donors (Lipinski definition) is 1. The van der Waals surface area contributed by atoms with Gasteiger partial charge in [0, 0.05) is 17.7 Å². The Balaban J connectivity index is 1.44. The average Bonchev–Trinajstić information content (AvgIpc) is 3.39. The Morgan fingerprint density at radius 3 is 2.69 bits per heavy atom. The number of hydrogen-bond acceptors (Lipinski definition) is 4. The standard InChI is InChI=1S/C21H25N5/c22-9-3-4-14-10-16(11-14)26-13-17(21(25-26)15-7-8-15)20-12-23-18-5-1-2-6-19(18)24-20/h1-2,5-6,12-16H,3-4,7-11,22H2. The van der Waals surface area contributed by atoms with Crippen molar-refractivity contribution in [3.8, 4) is 11.3 Å². The Labute approximate surface area is 153 Å². The van der Waals surface area contributed by atoms with Gasteiger partial charge in [0.15, 0.2) is 0 Å². The fraction of sp³-hybridized carbons (Fsp3) is 0.476. The quantitative estimate of drug-likeness (QED) is 0.730. The maximum absolute atomic E-state index is 5.64. The molecule has 0 aliphatic heterocycles. The number of aromatic nitrogens is 4. The molecule has 0 atom stereocenters. The minimum absolute atomic E-state index is 0.539. The van der Waals surface area contributed by atoms with Crippen LogP contribution in [-0.4, -0.2) is 26.3 Å². The average molecular weight is 347 g/mol. The topological polar surface area (TPSA) is 69.6 Å². The van der Waals surface area contributed by atoms with E-state index in [2.05, 4.69) is 15.9 Å². The van der Waals surface area contributed by atoms with Crippen molar-refractivity contribution < 1.29 is 0 Å². The molecular weight excluding hydrogens is 322 g/mol. The summed E-state index contributed by atoms with van der Waals surface area (Å²) in [4.78, 5) is 9.46. The van der Waals surface area contributed by atoms with E-state index in [0.717, 1.165) is 35.6 Å². The molecule has 0 bridgehead atoms. The van der Waals surface area contributed by atoms with Crippen LogP contribution in [0.4, 0.5) is 0 Å². The Kier molecular flexibility index (Phi) is 3.97. The van der Waals surface area contributed by atoms with Crippen LogP contribution in [0.15, 0.2) is 36.7 Å². The van der Waals surface area contributed by atoms with Gasteiger partial charge in [0.25, 0.3) is 0 Å². The molecule has 2 aliphatic carbocycles. The molecule has 2 aromatic heterocycles. The number of para-hydroxylation sites is 2. The number of rotatable bonds is 6. The second-order valence-electron chi connectivity index (χ2n) is 7.85. The van der Waals surface area contributed by atoms with Crippen LogP contribution in [0.25, 0.3) is 22.3 Å². The highest BCUT2D eigenvalue weighted by Gasteiger charge is 2.34. The lowest BCUT2D eigenvalue weighted by atomic mass is 9.77. The maximum atomic E-state index is 5.64. The summed E-state index contributed by atoms with van der Waals surface area (Å²) < 4.78 is 2.21. The summed E-state index contributed by atoms with van der Waals surface area (Å²) in [5, 5.41) is 4.99. The molecule has 3 aromatic rings. The summed E-state index contributed by atoms with van der Waals surface area (Å²) in [6, 6.07) is 8.59. The van der Waals surface area contributed by atoms with E-state index in [1.807, 2.05) is 30.5 Å². The van der Waals surface area contributed by atoms with Crippen molar-refractivity contribution in [3.05, 3.63) is 42.4 Å². The van der Waals surface area contributed by atoms with Crippen LogP contribution in [-0.2, 0) is 0 Å². The van der Waals surface area contributed by atoms with Crippen molar-refractivity contribution in [1.82, 2.24) is 19.7 Å². The molecular formula is C21H25N5. The zero-order chi connectivity index (χ0) is 17.5. The molecule has 1 aromatic carbocycles. The summed E-state index contributed by atoms with van der Waals surface area (Å²) in [6.07, 6.45) is 11.5. The van der Waals surface area contributed by atoms with Gasteiger partial charge in [-0.3, -0.25) is 9.67 Å². The Hall–Kier alpha value is -2.27. The molecule has 2 fully saturated rings. The third-order valence-electron chi connectivity index (χ3n) is 5.85. The number of nitrogens with zero attached hydrogens (tertiary/aromatic N) is 4. The monoisotopic (exact) mass is 347 g/mol. The fourth-order valence-electron chi connectivity index (χ4n) is 4.09. The van der Waals surface area contributed by atoms with Gasteiger partial charge in [0.2, 0.25) is 0 Å². The van der Waals surface area contributed by atoms with Gasteiger partial charge in [-0.2, -0.15) is 5.10 Å². The van der Waals surface area contributed by atoms with E-state index in [4.69, 9.17) is 15.8 Å². The third kappa shape index (κ3) is 2.90. The van der Waals surface area contributed by atoms with E-state index >= 15 is 0 Å². The van der Waals surface area contributed by atoms with Crippen LogP contribution in [0.5, 0.6) is 0 Å². The first-order valence-electron chi connectivity index (χ1n) is 9.83. The van der Waals surface area contributed by atoms with Crippen LogP contribution in [0.3, 0.4) is 0 Å².